The zero-order valence-corrected chi connectivity index (χ0v) is 17.8. The van der Waals surface area contributed by atoms with E-state index in [-0.39, 0.29) is 11.4 Å². The van der Waals surface area contributed by atoms with E-state index in [1.54, 1.807) is 19.3 Å². The van der Waals surface area contributed by atoms with Crippen LogP contribution in [0.5, 0.6) is 11.5 Å². The molecule has 0 aliphatic carbocycles. The Kier molecular flexibility index (Phi) is 8.33. The number of hydrogen-bond acceptors (Lipinski definition) is 5. The average Bonchev–Trinajstić information content (AvgIpc) is 2.70. The topological polar surface area (TPSA) is 60.0 Å². The molecule has 1 aromatic carbocycles. The molecule has 1 amide bonds. The maximum Gasteiger partial charge on any atom is 0.244 e. The third-order valence-electron chi connectivity index (χ3n) is 4.75. The summed E-state index contributed by atoms with van der Waals surface area (Å²) in [6.07, 6.45) is 3.34. The lowest BCUT2D eigenvalue weighted by Gasteiger charge is -2.40. The summed E-state index contributed by atoms with van der Waals surface area (Å²) in [5, 5.41) is 3.00. The first-order valence-corrected chi connectivity index (χ1v) is 9.91. The van der Waals surface area contributed by atoms with Crippen LogP contribution in [0.2, 0.25) is 0 Å². The minimum absolute atomic E-state index is 0.105. The quantitative estimate of drug-likeness (QED) is 0.657. The number of ether oxygens (including phenoxy) is 3. The molecule has 6 heteroatoms. The van der Waals surface area contributed by atoms with Gasteiger partial charge in [-0.25, -0.2) is 0 Å². The van der Waals surface area contributed by atoms with Crippen LogP contribution in [-0.2, 0) is 9.53 Å². The molecule has 6 nitrogen and oxygen atoms in total. The van der Waals surface area contributed by atoms with Crippen LogP contribution in [0, 0.1) is 5.92 Å². The Bertz CT molecular complexity index is 665. The molecule has 0 radical (unpaired) electrons. The summed E-state index contributed by atoms with van der Waals surface area (Å²) in [4.78, 5) is 14.6. The molecule has 1 aliphatic rings. The number of nitrogens with zero attached hydrogens (tertiary/aromatic N) is 1. The van der Waals surface area contributed by atoms with E-state index in [0.29, 0.717) is 30.6 Å². The van der Waals surface area contributed by atoms with Crippen molar-refractivity contribution in [2.75, 3.05) is 46.6 Å². The zero-order valence-electron chi connectivity index (χ0n) is 17.8. The molecule has 2 rings (SSSR count). The van der Waals surface area contributed by atoms with Crippen LogP contribution in [0.4, 0.5) is 0 Å². The molecule has 0 spiro atoms. The van der Waals surface area contributed by atoms with Crippen LogP contribution in [0.25, 0.3) is 6.08 Å². The standard InChI is InChI=1S/C22H34N2O4/c1-17(2)15-28-19-8-6-18(14-20(19)26-5)7-9-21(25)23-16-22(3,4)24-10-12-27-13-11-24/h6-9,14,17H,10-13,15-16H2,1-5H3,(H,23,25)/b9-7+. The van der Waals surface area contributed by atoms with Crippen LogP contribution in [0.15, 0.2) is 24.3 Å². The summed E-state index contributed by atoms with van der Waals surface area (Å²) in [6, 6.07) is 5.66. The molecule has 0 unspecified atom stereocenters. The van der Waals surface area contributed by atoms with Crippen molar-refractivity contribution in [2.24, 2.45) is 5.92 Å². The number of rotatable bonds is 9. The molecule has 28 heavy (non-hydrogen) atoms. The molecular formula is C22H34N2O4. The van der Waals surface area contributed by atoms with E-state index in [4.69, 9.17) is 14.2 Å². The molecule has 1 heterocycles. The first-order valence-electron chi connectivity index (χ1n) is 9.91. The van der Waals surface area contributed by atoms with Gasteiger partial charge in [0.1, 0.15) is 0 Å². The summed E-state index contributed by atoms with van der Waals surface area (Å²) in [5.74, 6) is 1.71. The molecule has 0 atom stereocenters. The number of amides is 1. The Morgan fingerprint density at radius 1 is 1.29 bits per heavy atom. The second-order valence-corrected chi connectivity index (χ2v) is 8.08. The van der Waals surface area contributed by atoms with E-state index < -0.39 is 0 Å². The Morgan fingerprint density at radius 2 is 2.00 bits per heavy atom. The molecular weight excluding hydrogens is 356 g/mol. The van der Waals surface area contributed by atoms with Gasteiger partial charge in [-0.15, -0.1) is 0 Å². The number of carbonyl (C=O) groups is 1. The van der Waals surface area contributed by atoms with Crippen molar-refractivity contribution in [1.82, 2.24) is 10.2 Å². The SMILES string of the molecule is COc1cc(/C=C/C(=O)NCC(C)(C)N2CCOCC2)ccc1OCC(C)C. The number of benzene rings is 1. The van der Waals surface area contributed by atoms with Crippen LogP contribution in [-0.4, -0.2) is 62.9 Å². The number of hydrogen-bond donors (Lipinski definition) is 1. The van der Waals surface area contributed by atoms with E-state index in [9.17, 15) is 4.79 Å². The van der Waals surface area contributed by atoms with Crippen molar-refractivity contribution in [1.29, 1.82) is 0 Å². The van der Waals surface area contributed by atoms with Crippen molar-refractivity contribution >= 4 is 12.0 Å². The van der Waals surface area contributed by atoms with Gasteiger partial charge in [0.15, 0.2) is 11.5 Å². The molecule has 1 fully saturated rings. The molecule has 1 aromatic rings. The zero-order chi connectivity index (χ0) is 20.6. The summed E-state index contributed by atoms with van der Waals surface area (Å²) >= 11 is 0. The highest BCUT2D eigenvalue weighted by molar-refractivity contribution is 5.91. The molecule has 1 N–H and O–H groups in total. The molecule has 1 saturated heterocycles. The highest BCUT2D eigenvalue weighted by atomic mass is 16.5. The Labute approximate surface area is 168 Å². The molecule has 1 aliphatic heterocycles. The highest BCUT2D eigenvalue weighted by Gasteiger charge is 2.28. The highest BCUT2D eigenvalue weighted by Crippen LogP contribution is 2.29. The average molecular weight is 391 g/mol. The van der Waals surface area contributed by atoms with Gasteiger partial charge in [-0.1, -0.05) is 19.9 Å². The number of nitrogens with one attached hydrogen (secondary N) is 1. The van der Waals surface area contributed by atoms with Crippen LogP contribution in [0.3, 0.4) is 0 Å². The number of morpholine rings is 1. The Hall–Kier alpha value is -2.05. The van der Waals surface area contributed by atoms with Crippen molar-refractivity contribution in [2.45, 2.75) is 33.2 Å². The number of methoxy groups -OCH3 is 1. The lowest BCUT2D eigenvalue weighted by molar-refractivity contribution is -0.117. The maximum absolute atomic E-state index is 12.2. The summed E-state index contributed by atoms with van der Waals surface area (Å²) in [6.45, 7) is 13.0. The van der Waals surface area contributed by atoms with Gasteiger partial charge < -0.3 is 19.5 Å². The minimum atomic E-state index is -0.111. The van der Waals surface area contributed by atoms with E-state index >= 15 is 0 Å². The van der Waals surface area contributed by atoms with Gasteiger partial charge in [0.05, 0.1) is 26.9 Å². The Morgan fingerprint density at radius 3 is 2.64 bits per heavy atom. The Balaban J connectivity index is 1.90. The summed E-state index contributed by atoms with van der Waals surface area (Å²) in [5.41, 5.74) is 0.780. The third kappa shape index (κ3) is 6.84. The van der Waals surface area contributed by atoms with Crippen LogP contribution >= 0.6 is 0 Å². The number of carbonyl (C=O) groups excluding carboxylic acids is 1. The van der Waals surface area contributed by atoms with Gasteiger partial charge in [-0.2, -0.15) is 0 Å². The lowest BCUT2D eigenvalue weighted by Crippen LogP contribution is -2.55. The van der Waals surface area contributed by atoms with Gasteiger partial charge in [0.2, 0.25) is 5.91 Å². The molecule has 156 valence electrons. The summed E-state index contributed by atoms with van der Waals surface area (Å²) in [7, 11) is 1.62. The molecule has 0 saturated carbocycles. The van der Waals surface area contributed by atoms with E-state index in [2.05, 4.69) is 37.9 Å². The first-order chi connectivity index (χ1) is 13.3. The fraction of sp³-hybridized carbons (Fsp3) is 0.591. The van der Waals surface area contributed by atoms with Gasteiger partial charge in [0.25, 0.3) is 0 Å². The largest absolute Gasteiger partial charge is 0.493 e. The van der Waals surface area contributed by atoms with Crippen molar-refractivity contribution in [3.8, 4) is 11.5 Å². The van der Waals surface area contributed by atoms with Crippen LogP contribution < -0.4 is 14.8 Å². The van der Waals surface area contributed by atoms with E-state index in [0.717, 1.165) is 31.9 Å². The van der Waals surface area contributed by atoms with Gasteiger partial charge in [-0.3, -0.25) is 9.69 Å². The van der Waals surface area contributed by atoms with E-state index in [1.807, 2.05) is 18.2 Å². The maximum atomic E-state index is 12.2. The molecule has 0 aromatic heterocycles. The third-order valence-corrected chi connectivity index (χ3v) is 4.75. The van der Waals surface area contributed by atoms with Crippen molar-refractivity contribution in [3.63, 3.8) is 0 Å². The van der Waals surface area contributed by atoms with Crippen LogP contribution in [0.1, 0.15) is 33.3 Å². The predicted octanol–water partition coefficient (Wildman–Crippen LogP) is 2.97. The van der Waals surface area contributed by atoms with E-state index in [1.165, 1.54) is 0 Å². The van der Waals surface area contributed by atoms with Crippen molar-refractivity contribution in [3.05, 3.63) is 29.8 Å². The molecule has 0 bridgehead atoms. The second kappa shape index (κ2) is 10.5. The van der Waals surface area contributed by atoms with Gasteiger partial charge in [0, 0.05) is 31.2 Å². The fourth-order valence-corrected chi connectivity index (χ4v) is 2.98. The lowest BCUT2D eigenvalue weighted by atomic mass is 10.0. The van der Waals surface area contributed by atoms with Gasteiger partial charge >= 0.3 is 0 Å². The monoisotopic (exact) mass is 390 g/mol. The van der Waals surface area contributed by atoms with Crippen molar-refractivity contribution < 1.29 is 19.0 Å². The summed E-state index contributed by atoms with van der Waals surface area (Å²) < 4.78 is 16.6. The normalized spacial score (nSPS) is 15.8. The van der Waals surface area contributed by atoms with Gasteiger partial charge in [-0.05, 0) is 43.5 Å². The second-order valence-electron chi connectivity index (χ2n) is 8.08. The minimum Gasteiger partial charge on any atom is -0.493 e. The smallest absolute Gasteiger partial charge is 0.244 e. The first kappa shape index (κ1) is 22.2. The predicted molar refractivity (Wildman–Crippen MR) is 112 cm³/mol. The fourth-order valence-electron chi connectivity index (χ4n) is 2.98.